The fourth-order valence-electron chi connectivity index (χ4n) is 2.95. The van der Waals surface area contributed by atoms with Crippen molar-refractivity contribution in [1.29, 1.82) is 0 Å². The van der Waals surface area contributed by atoms with Gasteiger partial charge in [0.15, 0.2) is 0 Å². The van der Waals surface area contributed by atoms with E-state index >= 15 is 0 Å². The number of nitrogen functional groups attached to an aromatic ring is 1. The van der Waals surface area contributed by atoms with Crippen LogP contribution in [0.2, 0.25) is 0 Å². The second-order valence-corrected chi connectivity index (χ2v) is 9.72. The van der Waals surface area contributed by atoms with Crippen molar-refractivity contribution < 1.29 is 52.7 Å². The van der Waals surface area contributed by atoms with Crippen LogP contribution in [0.1, 0.15) is 22.3 Å². The number of hydrogen-bond acceptors (Lipinski definition) is 3. The smallest absolute Gasteiger partial charge is 0.399 e. The fourth-order valence-corrected chi connectivity index (χ4v) is 5.08. The van der Waals surface area contributed by atoms with Crippen LogP contribution in [-0.4, -0.2) is 0 Å². The van der Waals surface area contributed by atoms with E-state index in [1.165, 1.54) is 12.1 Å². The normalized spacial score (nSPS) is 13.2. The zero-order valence-corrected chi connectivity index (χ0v) is 19.3. The molecular weight excluding hydrogens is 570 g/mol. The Balaban J connectivity index is 2.01. The average Bonchev–Trinajstić information content (AvgIpc) is 2.70. The summed E-state index contributed by atoms with van der Waals surface area (Å²) in [6.07, 6.45) is -20.4. The largest absolute Gasteiger partial charge is 0.416 e. The highest BCUT2D eigenvalue weighted by Gasteiger charge is 2.38. The zero-order chi connectivity index (χ0) is 28.0. The lowest BCUT2D eigenvalue weighted by molar-refractivity contribution is -0.145. The Morgan fingerprint density at radius 2 is 0.622 bits per heavy atom. The molecule has 0 aliphatic carbocycles. The third kappa shape index (κ3) is 7.66. The maximum absolute atomic E-state index is 13.1. The van der Waals surface area contributed by atoms with Crippen molar-refractivity contribution in [1.82, 2.24) is 0 Å². The van der Waals surface area contributed by atoms with Crippen LogP contribution < -0.4 is 5.73 Å². The van der Waals surface area contributed by atoms with Gasteiger partial charge in [0.1, 0.15) is 0 Å². The quantitative estimate of drug-likeness (QED) is 0.246. The van der Waals surface area contributed by atoms with E-state index < -0.39 is 56.7 Å². The Bertz CT molecular complexity index is 1130. The number of alkyl halides is 12. The van der Waals surface area contributed by atoms with Gasteiger partial charge < -0.3 is 5.73 Å². The highest BCUT2D eigenvalue weighted by molar-refractivity contribution is 8.00. The van der Waals surface area contributed by atoms with Gasteiger partial charge in [-0.05, 0) is 54.6 Å². The molecule has 0 spiro atoms. The predicted octanol–water partition coefficient (Wildman–Crippen LogP) is 9.65. The van der Waals surface area contributed by atoms with E-state index in [2.05, 4.69) is 0 Å². The lowest BCUT2D eigenvalue weighted by Gasteiger charge is -2.15. The monoisotopic (exact) mass is 581 g/mol. The van der Waals surface area contributed by atoms with Gasteiger partial charge in [-0.25, -0.2) is 0 Å². The predicted molar refractivity (Wildman–Crippen MR) is 112 cm³/mol. The van der Waals surface area contributed by atoms with Crippen molar-refractivity contribution in [3.05, 3.63) is 76.9 Å². The minimum atomic E-state index is -5.09. The Morgan fingerprint density at radius 1 is 0.378 bits per heavy atom. The summed E-state index contributed by atoms with van der Waals surface area (Å²) in [7, 11) is 0. The first-order valence-electron chi connectivity index (χ1n) is 9.57. The lowest BCUT2D eigenvalue weighted by Crippen LogP contribution is -2.11. The van der Waals surface area contributed by atoms with Crippen LogP contribution in [0.5, 0.6) is 0 Å². The summed E-state index contributed by atoms with van der Waals surface area (Å²) in [5, 5.41) is 0. The van der Waals surface area contributed by atoms with E-state index in [4.69, 9.17) is 5.73 Å². The minimum absolute atomic E-state index is 0.00188. The van der Waals surface area contributed by atoms with Crippen LogP contribution >= 0.6 is 23.5 Å². The summed E-state index contributed by atoms with van der Waals surface area (Å²) in [5.41, 5.74) is -0.620. The molecule has 15 heteroatoms. The highest BCUT2D eigenvalue weighted by atomic mass is 32.2. The van der Waals surface area contributed by atoms with Gasteiger partial charge in [-0.2, -0.15) is 52.7 Å². The maximum atomic E-state index is 13.1. The first kappa shape index (κ1) is 28.9. The molecule has 0 atom stereocenters. The molecule has 0 aliphatic heterocycles. The SMILES string of the molecule is Nc1cc(Sc2cc(C(F)(F)F)cc(C(F)(F)F)c2)cc(Sc2cc(C(F)(F)F)cc(C(F)(F)F)c2)c1. The van der Waals surface area contributed by atoms with Gasteiger partial charge in [0.2, 0.25) is 0 Å². The van der Waals surface area contributed by atoms with Crippen molar-refractivity contribution in [3.63, 3.8) is 0 Å². The number of rotatable bonds is 4. The molecule has 0 unspecified atom stereocenters. The van der Waals surface area contributed by atoms with Crippen LogP contribution in [-0.2, 0) is 24.7 Å². The molecular formula is C22H11F12NS2. The summed E-state index contributed by atoms with van der Waals surface area (Å²) < 4.78 is 157. The Kier molecular flexibility index (Phi) is 7.72. The van der Waals surface area contributed by atoms with E-state index in [0.29, 0.717) is 47.8 Å². The summed E-state index contributed by atoms with van der Waals surface area (Å²) in [6.45, 7) is 0. The van der Waals surface area contributed by atoms with Crippen LogP contribution in [0, 0.1) is 0 Å². The third-order valence-electron chi connectivity index (χ3n) is 4.50. The van der Waals surface area contributed by atoms with E-state index in [0.717, 1.165) is 6.07 Å². The molecule has 3 aromatic rings. The molecule has 2 N–H and O–H groups in total. The Labute approximate surface area is 209 Å². The number of hydrogen-bond donors (Lipinski definition) is 1. The molecule has 0 fully saturated rings. The van der Waals surface area contributed by atoms with Gasteiger partial charge in [0.05, 0.1) is 22.3 Å². The van der Waals surface area contributed by atoms with Gasteiger partial charge in [0, 0.05) is 25.3 Å². The second-order valence-electron chi connectivity index (χ2n) is 7.43. The van der Waals surface area contributed by atoms with E-state index in [9.17, 15) is 52.7 Å². The van der Waals surface area contributed by atoms with Crippen LogP contribution in [0.4, 0.5) is 58.4 Å². The van der Waals surface area contributed by atoms with Gasteiger partial charge in [-0.15, -0.1) is 0 Å². The van der Waals surface area contributed by atoms with E-state index in [1.807, 2.05) is 0 Å². The van der Waals surface area contributed by atoms with Crippen molar-refractivity contribution in [2.24, 2.45) is 0 Å². The van der Waals surface area contributed by atoms with Gasteiger partial charge >= 0.3 is 24.7 Å². The second kappa shape index (κ2) is 9.89. The molecule has 0 saturated heterocycles. The minimum Gasteiger partial charge on any atom is -0.399 e. The average molecular weight is 581 g/mol. The van der Waals surface area contributed by atoms with Crippen molar-refractivity contribution >= 4 is 29.2 Å². The summed E-state index contributed by atoms with van der Waals surface area (Å²) in [5.74, 6) is 0. The summed E-state index contributed by atoms with van der Waals surface area (Å²) >= 11 is 0.897. The molecule has 0 aromatic heterocycles. The van der Waals surface area contributed by atoms with E-state index in [-0.39, 0.29) is 27.6 Å². The molecule has 0 saturated carbocycles. The molecule has 3 rings (SSSR count). The van der Waals surface area contributed by atoms with Gasteiger partial charge in [0.25, 0.3) is 0 Å². The molecule has 0 heterocycles. The summed E-state index contributed by atoms with van der Waals surface area (Å²) in [6, 6.07) is 5.28. The molecule has 3 aromatic carbocycles. The molecule has 200 valence electrons. The van der Waals surface area contributed by atoms with Crippen LogP contribution in [0.25, 0.3) is 0 Å². The summed E-state index contributed by atoms with van der Waals surface area (Å²) in [4.78, 5) is -0.944. The molecule has 0 aliphatic rings. The van der Waals surface area contributed by atoms with Crippen LogP contribution in [0.15, 0.2) is 74.2 Å². The zero-order valence-electron chi connectivity index (χ0n) is 17.6. The molecule has 0 radical (unpaired) electrons. The van der Waals surface area contributed by atoms with E-state index in [1.54, 1.807) is 0 Å². The standard InChI is InChI=1S/C22H11F12NS2/c23-19(24,25)10-1-11(20(26,27)28)4-15(3-10)36-17-7-14(35)8-18(9-17)37-16-5-12(21(29,30)31)2-13(6-16)22(32,33)34/h1-9H,35H2. The van der Waals surface area contributed by atoms with Crippen molar-refractivity contribution in [2.75, 3.05) is 5.73 Å². The molecule has 37 heavy (non-hydrogen) atoms. The third-order valence-corrected chi connectivity index (χ3v) is 6.38. The number of benzene rings is 3. The highest BCUT2D eigenvalue weighted by Crippen LogP contribution is 2.43. The number of anilines is 1. The first-order valence-corrected chi connectivity index (χ1v) is 11.2. The van der Waals surface area contributed by atoms with Gasteiger partial charge in [-0.3, -0.25) is 0 Å². The van der Waals surface area contributed by atoms with Crippen molar-refractivity contribution in [3.8, 4) is 0 Å². The topological polar surface area (TPSA) is 26.0 Å². The lowest BCUT2D eigenvalue weighted by atomic mass is 10.1. The molecule has 0 amide bonds. The Morgan fingerprint density at radius 3 is 0.865 bits per heavy atom. The first-order chi connectivity index (χ1) is 16.7. The Hall–Kier alpha value is -2.68. The fraction of sp³-hybridized carbons (Fsp3) is 0.182. The number of nitrogens with two attached hydrogens (primary N) is 1. The van der Waals surface area contributed by atoms with Crippen molar-refractivity contribution in [2.45, 2.75) is 44.3 Å². The van der Waals surface area contributed by atoms with Crippen LogP contribution in [0.3, 0.4) is 0 Å². The maximum Gasteiger partial charge on any atom is 0.416 e. The molecule has 1 nitrogen and oxygen atoms in total. The van der Waals surface area contributed by atoms with Gasteiger partial charge in [-0.1, -0.05) is 23.5 Å². The number of halogens is 12. The molecule has 0 bridgehead atoms.